The summed E-state index contributed by atoms with van der Waals surface area (Å²) in [6.45, 7) is 2.54. The van der Waals surface area contributed by atoms with Gasteiger partial charge >= 0.3 is 0 Å². The molecule has 2 heteroatoms. The number of rotatable bonds is 1. The minimum Gasteiger partial charge on any atom is -0.316 e. The maximum atomic E-state index is 3.49. The van der Waals surface area contributed by atoms with Gasteiger partial charge in [-0.05, 0) is 66.1 Å². The highest BCUT2D eigenvalue weighted by Gasteiger charge is 2.37. The molecule has 0 aromatic carbocycles. The van der Waals surface area contributed by atoms with Gasteiger partial charge in [-0.25, -0.2) is 0 Å². The fourth-order valence-electron chi connectivity index (χ4n) is 2.95. The van der Waals surface area contributed by atoms with Gasteiger partial charge in [-0.2, -0.15) is 11.3 Å². The van der Waals surface area contributed by atoms with Gasteiger partial charge in [0.25, 0.3) is 0 Å². The highest BCUT2D eigenvalue weighted by molar-refractivity contribution is 7.07. The van der Waals surface area contributed by atoms with E-state index >= 15 is 0 Å². The molecule has 0 radical (unpaired) electrons. The summed E-state index contributed by atoms with van der Waals surface area (Å²) in [7, 11) is 0. The van der Waals surface area contributed by atoms with E-state index in [4.69, 9.17) is 0 Å². The normalized spacial score (nSPS) is 38.0. The third-order valence-electron chi connectivity index (χ3n) is 3.67. The van der Waals surface area contributed by atoms with Crippen molar-refractivity contribution in [2.45, 2.75) is 18.8 Å². The van der Waals surface area contributed by atoms with Crippen LogP contribution in [0.1, 0.15) is 24.3 Å². The predicted molar refractivity (Wildman–Crippen MR) is 56.1 cm³/mol. The van der Waals surface area contributed by atoms with E-state index in [0.717, 1.165) is 17.8 Å². The summed E-state index contributed by atoms with van der Waals surface area (Å²) in [6.07, 6.45) is 2.85. The Hall–Kier alpha value is -0.340. The van der Waals surface area contributed by atoms with Gasteiger partial charge in [0, 0.05) is 0 Å². The van der Waals surface area contributed by atoms with Crippen molar-refractivity contribution >= 4 is 11.3 Å². The first-order valence-corrected chi connectivity index (χ1v) is 6.10. The van der Waals surface area contributed by atoms with Crippen molar-refractivity contribution in [1.29, 1.82) is 0 Å². The molecule has 1 saturated carbocycles. The molecule has 2 aliphatic rings. The van der Waals surface area contributed by atoms with Crippen LogP contribution in [0.4, 0.5) is 0 Å². The Bertz CT molecular complexity index is 268. The van der Waals surface area contributed by atoms with E-state index in [9.17, 15) is 0 Å². The monoisotopic (exact) mass is 193 g/mol. The fraction of sp³-hybridized carbons (Fsp3) is 0.636. The van der Waals surface area contributed by atoms with Crippen LogP contribution in [0, 0.1) is 11.8 Å². The Morgan fingerprint density at radius 2 is 2.00 bits per heavy atom. The van der Waals surface area contributed by atoms with E-state index < -0.39 is 0 Å². The summed E-state index contributed by atoms with van der Waals surface area (Å²) in [6, 6.07) is 2.31. The van der Waals surface area contributed by atoms with Gasteiger partial charge < -0.3 is 5.32 Å². The highest BCUT2D eigenvalue weighted by atomic mass is 32.1. The molecule has 2 heterocycles. The van der Waals surface area contributed by atoms with Crippen LogP contribution in [0.25, 0.3) is 0 Å². The van der Waals surface area contributed by atoms with Gasteiger partial charge in [0.15, 0.2) is 0 Å². The zero-order valence-electron chi connectivity index (χ0n) is 7.70. The third kappa shape index (κ3) is 1.32. The average molecular weight is 193 g/mol. The first-order chi connectivity index (χ1) is 6.43. The van der Waals surface area contributed by atoms with Gasteiger partial charge in [-0.1, -0.05) is 0 Å². The van der Waals surface area contributed by atoms with Gasteiger partial charge in [0.1, 0.15) is 0 Å². The van der Waals surface area contributed by atoms with Crippen molar-refractivity contribution in [2.75, 3.05) is 13.1 Å². The molecule has 1 aliphatic carbocycles. The second-order valence-electron chi connectivity index (χ2n) is 4.40. The van der Waals surface area contributed by atoms with Crippen LogP contribution >= 0.6 is 11.3 Å². The molecule has 1 nitrogen and oxygen atoms in total. The zero-order valence-corrected chi connectivity index (χ0v) is 8.52. The van der Waals surface area contributed by atoms with Crippen LogP contribution in [0.3, 0.4) is 0 Å². The lowest BCUT2D eigenvalue weighted by Crippen LogP contribution is -2.11. The van der Waals surface area contributed by atoms with E-state index in [1.165, 1.54) is 25.9 Å². The molecule has 2 fully saturated rings. The molecule has 13 heavy (non-hydrogen) atoms. The smallest absolute Gasteiger partial charge is 0.00171 e. The highest BCUT2D eigenvalue weighted by Crippen LogP contribution is 2.44. The topological polar surface area (TPSA) is 12.0 Å². The lowest BCUT2D eigenvalue weighted by Gasteiger charge is -2.08. The molecule has 1 aliphatic heterocycles. The maximum Gasteiger partial charge on any atom is -0.00171 e. The van der Waals surface area contributed by atoms with Gasteiger partial charge in [-0.15, -0.1) is 0 Å². The fourth-order valence-corrected chi connectivity index (χ4v) is 3.69. The molecular weight excluding hydrogens is 178 g/mol. The SMILES string of the molecule is c1cc(C2CC3CNCC3C2)cs1. The Kier molecular flexibility index (Phi) is 1.91. The van der Waals surface area contributed by atoms with E-state index in [1.54, 1.807) is 5.56 Å². The number of fused-ring (bicyclic) bond motifs is 1. The molecule has 0 spiro atoms. The second kappa shape index (κ2) is 3.10. The van der Waals surface area contributed by atoms with Crippen LogP contribution in [0.2, 0.25) is 0 Å². The van der Waals surface area contributed by atoms with E-state index in [-0.39, 0.29) is 0 Å². The Labute approximate surface area is 83.2 Å². The van der Waals surface area contributed by atoms with Crippen molar-refractivity contribution in [1.82, 2.24) is 5.32 Å². The maximum absolute atomic E-state index is 3.49. The second-order valence-corrected chi connectivity index (χ2v) is 5.18. The lowest BCUT2D eigenvalue weighted by molar-refractivity contribution is 0.494. The minimum atomic E-state index is 0.878. The van der Waals surface area contributed by atoms with E-state index in [0.29, 0.717) is 0 Å². The van der Waals surface area contributed by atoms with Gasteiger partial charge in [0.2, 0.25) is 0 Å². The summed E-state index contributed by atoms with van der Waals surface area (Å²) < 4.78 is 0. The lowest BCUT2D eigenvalue weighted by atomic mass is 9.99. The minimum absolute atomic E-state index is 0.878. The Morgan fingerprint density at radius 3 is 2.62 bits per heavy atom. The van der Waals surface area contributed by atoms with Crippen LogP contribution in [0.15, 0.2) is 16.8 Å². The Balaban J connectivity index is 1.76. The molecule has 2 atom stereocenters. The molecule has 0 bridgehead atoms. The molecule has 3 rings (SSSR count). The summed E-state index contributed by atoms with van der Waals surface area (Å²) in [5.74, 6) is 2.83. The summed E-state index contributed by atoms with van der Waals surface area (Å²) in [5.41, 5.74) is 1.60. The first-order valence-electron chi connectivity index (χ1n) is 5.16. The van der Waals surface area contributed by atoms with E-state index in [1.807, 2.05) is 11.3 Å². The van der Waals surface area contributed by atoms with Crippen LogP contribution in [0.5, 0.6) is 0 Å². The molecule has 70 valence electrons. The van der Waals surface area contributed by atoms with Crippen LogP contribution in [-0.4, -0.2) is 13.1 Å². The van der Waals surface area contributed by atoms with Crippen molar-refractivity contribution in [3.8, 4) is 0 Å². The number of thiophene rings is 1. The number of hydrogen-bond acceptors (Lipinski definition) is 2. The summed E-state index contributed by atoms with van der Waals surface area (Å²) in [5, 5.41) is 8.04. The van der Waals surface area contributed by atoms with Crippen molar-refractivity contribution < 1.29 is 0 Å². The van der Waals surface area contributed by atoms with Crippen molar-refractivity contribution in [3.05, 3.63) is 22.4 Å². The molecule has 1 saturated heterocycles. The van der Waals surface area contributed by atoms with Crippen LogP contribution < -0.4 is 5.32 Å². The average Bonchev–Trinajstić information content (AvgIpc) is 2.78. The molecular formula is C11H15NS. The van der Waals surface area contributed by atoms with Crippen molar-refractivity contribution in [3.63, 3.8) is 0 Å². The molecule has 1 aromatic heterocycles. The third-order valence-corrected chi connectivity index (χ3v) is 4.37. The van der Waals surface area contributed by atoms with Gasteiger partial charge in [0.05, 0.1) is 0 Å². The standard InChI is InChI=1S/C11H15NS/c1-2-13-7-8(1)9-3-10-5-12-6-11(10)4-9/h1-2,7,9-12H,3-6H2. The molecule has 0 amide bonds. The zero-order chi connectivity index (χ0) is 8.67. The summed E-state index contributed by atoms with van der Waals surface area (Å²) in [4.78, 5) is 0. The summed E-state index contributed by atoms with van der Waals surface area (Å²) >= 11 is 1.84. The number of nitrogens with one attached hydrogen (secondary N) is 1. The number of hydrogen-bond donors (Lipinski definition) is 1. The van der Waals surface area contributed by atoms with Crippen molar-refractivity contribution in [2.24, 2.45) is 11.8 Å². The quantitative estimate of drug-likeness (QED) is 0.722. The molecule has 1 N–H and O–H groups in total. The largest absolute Gasteiger partial charge is 0.316 e. The molecule has 1 aromatic rings. The van der Waals surface area contributed by atoms with E-state index in [2.05, 4.69) is 22.1 Å². The van der Waals surface area contributed by atoms with Gasteiger partial charge in [-0.3, -0.25) is 0 Å². The first kappa shape index (κ1) is 8.01. The van der Waals surface area contributed by atoms with Crippen LogP contribution in [-0.2, 0) is 0 Å². The Morgan fingerprint density at radius 1 is 1.23 bits per heavy atom. The predicted octanol–water partition coefficient (Wildman–Crippen LogP) is 2.46. The molecule has 2 unspecified atom stereocenters.